The van der Waals surface area contributed by atoms with Gasteiger partial charge in [0.2, 0.25) is 0 Å². The van der Waals surface area contributed by atoms with Gasteiger partial charge in [0.25, 0.3) is 0 Å². The maximum absolute atomic E-state index is 11.8. The van der Waals surface area contributed by atoms with E-state index in [1.165, 1.54) is 38.5 Å². The first kappa shape index (κ1) is 21.4. The van der Waals surface area contributed by atoms with Gasteiger partial charge in [0.1, 0.15) is 6.67 Å². The Labute approximate surface area is 148 Å². The molecule has 0 fully saturated rings. The van der Waals surface area contributed by atoms with Gasteiger partial charge in [0, 0.05) is 6.61 Å². The highest BCUT2D eigenvalue weighted by molar-refractivity contribution is 4.85. The van der Waals surface area contributed by atoms with Crippen LogP contribution in [0.3, 0.4) is 0 Å². The zero-order valence-electron chi connectivity index (χ0n) is 15.6. The molecule has 0 bridgehead atoms. The second kappa shape index (κ2) is 15.8. The van der Waals surface area contributed by atoms with E-state index in [1.807, 2.05) is 0 Å². The van der Waals surface area contributed by atoms with Crippen LogP contribution >= 0.6 is 0 Å². The summed E-state index contributed by atoms with van der Waals surface area (Å²) in [6.07, 6.45) is 22.8. The van der Waals surface area contributed by atoms with E-state index in [-0.39, 0.29) is 13.3 Å². The summed E-state index contributed by atoms with van der Waals surface area (Å²) in [6, 6.07) is 0. The van der Waals surface area contributed by atoms with Gasteiger partial charge < -0.3 is 9.47 Å². The summed E-state index contributed by atoms with van der Waals surface area (Å²) >= 11 is 0. The molecule has 0 amide bonds. The molecule has 0 aliphatic heterocycles. The Kier molecular flexibility index (Phi) is 14.1. The summed E-state index contributed by atoms with van der Waals surface area (Å²) in [5.74, 6) is 0. The quantitative estimate of drug-likeness (QED) is 0.539. The van der Waals surface area contributed by atoms with Crippen LogP contribution in [0.1, 0.15) is 77.6 Å². The SMILES string of the molecule is CCCO[C@@H]1CC/C=C/CCC1.[18F]CCO[C@@H]1CC/C=C/CCC1. The van der Waals surface area contributed by atoms with Crippen LogP contribution in [0.2, 0.25) is 0 Å². The van der Waals surface area contributed by atoms with E-state index in [1.54, 1.807) is 0 Å². The smallest absolute Gasteiger partial charge is 0.113 e. The minimum Gasteiger partial charge on any atom is -0.378 e. The van der Waals surface area contributed by atoms with Gasteiger partial charge in [-0.3, -0.25) is 0 Å². The molecular formula is C21H37FO2. The number of alkyl halides is 1. The second-order valence-corrected chi connectivity index (χ2v) is 6.63. The normalized spacial score (nSPS) is 27.6. The lowest BCUT2D eigenvalue weighted by Crippen LogP contribution is -2.15. The monoisotopic (exact) mass is 339 g/mol. The molecule has 0 saturated heterocycles. The number of allylic oxidation sites excluding steroid dienone is 4. The van der Waals surface area contributed by atoms with Gasteiger partial charge >= 0.3 is 0 Å². The summed E-state index contributed by atoms with van der Waals surface area (Å²) in [6.45, 7) is 3.03. The Balaban J connectivity index is 0.000000240. The van der Waals surface area contributed by atoms with Crippen LogP contribution in [0.4, 0.5) is 4.39 Å². The molecule has 0 unspecified atom stereocenters. The highest BCUT2D eigenvalue weighted by Crippen LogP contribution is 2.16. The number of hydrogen-bond donors (Lipinski definition) is 0. The van der Waals surface area contributed by atoms with Crippen LogP contribution in [0.5, 0.6) is 0 Å². The minimum absolute atomic E-state index is 0.272. The lowest BCUT2D eigenvalue weighted by atomic mass is 10.0. The fourth-order valence-corrected chi connectivity index (χ4v) is 3.08. The lowest BCUT2D eigenvalue weighted by Gasteiger charge is -2.17. The molecule has 0 aromatic heterocycles. The summed E-state index contributed by atoms with van der Waals surface area (Å²) in [7, 11) is 0. The number of hydrogen-bond acceptors (Lipinski definition) is 2. The molecule has 2 aliphatic rings. The zero-order chi connectivity index (χ0) is 17.3. The Hall–Kier alpha value is -0.670. The largest absolute Gasteiger partial charge is 0.378 e. The van der Waals surface area contributed by atoms with Gasteiger partial charge in [-0.1, -0.05) is 31.2 Å². The highest BCUT2D eigenvalue weighted by Gasteiger charge is 2.09. The van der Waals surface area contributed by atoms with Crippen molar-refractivity contribution in [2.24, 2.45) is 0 Å². The molecular weight excluding hydrogens is 302 g/mol. The van der Waals surface area contributed by atoms with Gasteiger partial charge in [-0.15, -0.1) is 0 Å². The summed E-state index contributed by atoms with van der Waals surface area (Å²) in [5.41, 5.74) is 0. The van der Waals surface area contributed by atoms with Crippen molar-refractivity contribution in [2.45, 2.75) is 89.8 Å². The summed E-state index contributed by atoms with van der Waals surface area (Å²) < 4.78 is 22.9. The average Bonchev–Trinajstić information content (AvgIpc) is 2.54. The van der Waals surface area contributed by atoms with Gasteiger partial charge in [-0.05, 0) is 70.6 Å². The fourth-order valence-electron chi connectivity index (χ4n) is 3.08. The molecule has 0 radical (unpaired) electrons. The second-order valence-electron chi connectivity index (χ2n) is 6.63. The molecule has 0 saturated carbocycles. The highest BCUT2D eigenvalue weighted by atomic mass is 18.2. The summed E-state index contributed by atoms with van der Waals surface area (Å²) in [4.78, 5) is 0. The van der Waals surface area contributed by atoms with E-state index in [0.29, 0.717) is 12.2 Å². The molecule has 2 nitrogen and oxygen atoms in total. The van der Waals surface area contributed by atoms with E-state index in [2.05, 4.69) is 31.2 Å². The van der Waals surface area contributed by atoms with E-state index in [4.69, 9.17) is 9.47 Å². The van der Waals surface area contributed by atoms with E-state index in [9.17, 15) is 4.39 Å². The average molecular weight is 340 g/mol. The third-order valence-corrected chi connectivity index (χ3v) is 4.43. The number of halogens is 1. The van der Waals surface area contributed by atoms with Crippen molar-refractivity contribution in [3.05, 3.63) is 24.3 Å². The standard InChI is InChI=1S/C11H20O.C10H17FO/c1-2-10-12-11-8-6-4-3-5-7-9-11;11-8-9-12-10-6-4-2-1-3-5-7-10/h3-4,11H,2,5-10H2,1H3;1-2,10H,3-9H2/b4-3+;2-1+/t11-;10-/m11/s1/i;11-1. The van der Waals surface area contributed by atoms with Crippen LogP contribution in [0.15, 0.2) is 24.3 Å². The molecule has 0 heterocycles. The molecule has 3 heteroatoms. The van der Waals surface area contributed by atoms with Gasteiger partial charge in [0.15, 0.2) is 0 Å². The first-order valence-electron chi connectivity index (χ1n) is 9.96. The molecule has 0 N–H and O–H groups in total. The zero-order valence-corrected chi connectivity index (χ0v) is 15.6. The van der Waals surface area contributed by atoms with Crippen LogP contribution in [-0.4, -0.2) is 32.1 Å². The fraction of sp³-hybridized carbons (Fsp3) is 0.810. The third kappa shape index (κ3) is 11.8. The van der Waals surface area contributed by atoms with Gasteiger partial charge in [-0.25, -0.2) is 4.39 Å². The van der Waals surface area contributed by atoms with Crippen molar-refractivity contribution < 1.29 is 13.9 Å². The van der Waals surface area contributed by atoms with Gasteiger partial charge in [-0.2, -0.15) is 0 Å². The summed E-state index contributed by atoms with van der Waals surface area (Å²) in [5, 5.41) is 0. The van der Waals surface area contributed by atoms with Crippen LogP contribution in [0.25, 0.3) is 0 Å². The van der Waals surface area contributed by atoms with Crippen molar-refractivity contribution in [3.8, 4) is 0 Å². The molecule has 0 aromatic rings. The van der Waals surface area contributed by atoms with Crippen molar-refractivity contribution in [1.29, 1.82) is 0 Å². The van der Waals surface area contributed by atoms with E-state index >= 15 is 0 Å². The van der Waals surface area contributed by atoms with Crippen molar-refractivity contribution in [1.82, 2.24) is 0 Å². The van der Waals surface area contributed by atoms with Crippen LogP contribution in [0, 0.1) is 0 Å². The Morgan fingerprint density at radius 3 is 1.75 bits per heavy atom. The molecule has 2 atom stereocenters. The molecule has 140 valence electrons. The molecule has 2 rings (SSSR count). The third-order valence-electron chi connectivity index (χ3n) is 4.43. The Bertz CT molecular complexity index is 296. The molecule has 0 spiro atoms. The maximum Gasteiger partial charge on any atom is 0.113 e. The first-order valence-corrected chi connectivity index (χ1v) is 9.96. The van der Waals surface area contributed by atoms with E-state index in [0.717, 1.165) is 38.7 Å². The Morgan fingerprint density at radius 1 is 0.750 bits per heavy atom. The van der Waals surface area contributed by atoms with Crippen molar-refractivity contribution >= 4 is 0 Å². The predicted molar refractivity (Wildman–Crippen MR) is 100 cm³/mol. The number of ether oxygens (including phenoxy) is 2. The van der Waals surface area contributed by atoms with Crippen molar-refractivity contribution in [2.75, 3.05) is 19.9 Å². The van der Waals surface area contributed by atoms with Crippen LogP contribution in [-0.2, 0) is 9.47 Å². The minimum atomic E-state index is -0.355. The van der Waals surface area contributed by atoms with E-state index < -0.39 is 0 Å². The Morgan fingerprint density at radius 2 is 1.25 bits per heavy atom. The predicted octanol–water partition coefficient (Wildman–Crippen LogP) is 6.16. The molecule has 2 aliphatic carbocycles. The van der Waals surface area contributed by atoms with Crippen molar-refractivity contribution in [3.63, 3.8) is 0 Å². The first-order chi connectivity index (χ1) is 11.9. The van der Waals surface area contributed by atoms with Gasteiger partial charge in [0.05, 0.1) is 18.8 Å². The maximum atomic E-state index is 11.8. The molecule has 24 heavy (non-hydrogen) atoms. The molecule has 0 aromatic carbocycles. The van der Waals surface area contributed by atoms with Crippen LogP contribution < -0.4 is 0 Å². The topological polar surface area (TPSA) is 18.5 Å². The lowest BCUT2D eigenvalue weighted by molar-refractivity contribution is 0.0326. The number of rotatable bonds is 6.